The Hall–Kier alpha value is -1.79. The van der Waals surface area contributed by atoms with E-state index in [1.807, 2.05) is 19.2 Å². The molecule has 1 heterocycles. The van der Waals surface area contributed by atoms with E-state index in [4.69, 9.17) is 14.2 Å². The third-order valence-corrected chi connectivity index (χ3v) is 4.66. The van der Waals surface area contributed by atoms with Gasteiger partial charge in [-0.05, 0) is 43.4 Å². The lowest BCUT2D eigenvalue weighted by atomic mass is 10.1. The standard InChI is InChI=1S/C20H33N3O3/c1-21-20(22-12-9-17-5-7-18(25-3)8-6-17)23-13-10-19(11-14-23)26-16-4-15-24-2/h5-8,19H,4,9-16H2,1-3H3,(H,21,22). The quantitative estimate of drug-likeness (QED) is 0.415. The molecule has 26 heavy (non-hydrogen) atoms. The molecule has 6 heteroatoms. The van der Waals surface area contributed by atoms with Crippen molar-refractivity contribution in [3.05, 3.63) is 29.8 Å². The summed E-state index contributed by atoms with van der Waals surface area (Å²) in [6.07, 6.45) is 4.38. The number of piperidine rings is 1. The number of nitrogens with zero attached hydrogens (tertiary/aromatic N) is 2. The second-order valence-electron chi connectivity index (χ2n) is 6.48. The van der Waals surface area contributed by atoms with Gasteiger partial charge in [0.2, 0.25) is 0 Å². The van der Waals surface area contributed by atoms with E-state index in [-0.39, 0.29) is 0 Å². The SMILES string of the molecule is CN=C(NCCc1ccc(OC)cc1)N1CCC(OCCCOC)CC1. The Morgan fingerprint density at radius 2 is 1.88 bits per heavy atom. The maximum Gasteiger partial charge on any atom is 0.193 e. The zero-order chi connectivity index (χ0) is 18.6. The molecule has 0 radical (unpaired) electrons. The minimum absolute atomic E-state index is 0.362. The molecular weight excluding hydrogens is 330 g/mol. The first-order valence-corrected chi connectivity index (χ1v) is 9.46. The summed E-state index contributed by atoms with van der Waals surface area (Å²) < 4.78 is 16.2. The van der Waals surface area contributed by atoms with Gasteiger partial charge in [0.25, 0.3) is 0 Å². The van der Waals surface area contributed by atoms with Crippen LogP contribution in [-0.2, 0) is 15.9 Å². The third-order valence-electron chi connectivity index (χ3n) is 4.66. The minimum Gasteiger partial charge on any atom is -0.497 e. The van der Waals surface area contributed by atoms with Gasteiger partial charge in [0.15, 0.2) is 5.96 Å². The zero-order valence-corrected chi connectivity index (χ0v) is 16.4. The van der Waals surface area contributed by atoms with Crippen molar-refractivity contribution in [3.63, 3.8) is 0 Å². The molecule has 1 aliphatic rings. The number of rotatable bonds is 9. The van der Waals surface area contributed by atoms with Gasteiger partial charge in [-0.25, -0.2) is 0 Å². The van der Waals surface area contributed by atoms with Gasteiger partial charge in [0.1, 0.15) is 5.75 Å². The largest absolute Gasteiger partial charge is 0.497 e. The number of hydrogen-bond donors (Lipinski definition) is 1. The van der Waals surface area contributed by atoms with Crippen molar-refractivity contribution in [2.24, 2.45) is 4.99 Å². The van der Waals surface area contributed by atoms with Crippen molar-refractivity contribution in [2.45, 2.75) is 31.8 Å². The molecule has 146 valence electrons. The Kier molecular flexibility index (Phi) is 9.28. The van der Waals surface area contributed by atoms with Gasteiger partial charge in [-0.15, -0.1) is 0 Å². The summed E-state index contributed by atoms with van der Waals surface area (Å²) in [6, 6.07) is 8.22. The van der Waals surface area contributed by atoms with Crippen LogP contribution < -0.4 is 10.1 Å². The molecule has 1 aromatic rings. The van der Waals surface area contributed by atoms with Crippen LogP contribution >= 0.6 is 0 Å². The molecule has 0 bridgehead atoms. The highest BCUT2D eigenvalue weighted by Gasteiger charge is 2.21. The maximum atomic E-state index is 5.93. The van der Waals surface area contributed by atoms with E-state index in [0.717, 1.165) is 70.2 Å². The van der Waals surface area contributed by atoms with Crippen LogP contribution in [0, 0.1) is 0 Å². The predicted molar refractivity (Wildman–Crippen MR) is 105 cm³/mol. The summed E-state index contributed by atoms with van der Waals surface area (Å²) in [5.74, 6) is 1.88. The predicted octanol–water partition coefficient (Wildman–Crippen LogP) is 2.33. The number of aliphatic imine (C=N–C) groups is 1. The Morgan fingerprint density at radius 1 is 1.15 bits per heavy atom. The number of hydrogen-bond acceptors (Lipinski definition) is 4. The van der Waals surface area contributed by atoms with Crippen LogP contribution in [0.25, 0.3) is 0 Å². The van der Waals surface area contributed by atoms with E-state index in [0.29, 0.717) is 6.10 Å². The van der Waals surface area contributed by atoms with E-state index in [1.165, 1.54) is 5.56 Å². The second-order valence-corrected chi connectivity index (χ2v) is 6.48. The zero-order valence-electron chi connectivity index (χ0n) is 16.4. The van der Waals surface area contributed by atoms with Crippen molar-refractivity contribution in [3.8, 4) is 5.75 Å². The van der Waals surface area contributed by atoms with Crippen molar-refractivity contribution in [1.29, 1.82) is 0 Å². The van der Waals surface area contributed by atoms with Crippen LogP contribution in [0.3, 0.4) is 0 Å². The number of likely N-dealkylation sites (tertiary alicyclic amines) is 1. The minimum atomic E-state index is 0.362. The van der Waals surface area contributed by atoms with Crippen molar-refractivity contribution in [2.75, 3.05) is 54.1 Å². The monoisotopic (exact) mass is 363 g/mol. The van der Waals surface area contributed by atoms with Crippen LogP contribution in [0.2, 0.25) is 0 Å². The molecule has 0 spiro atoms. The van der Waals surface area contributed by atoms with Gasteiger partial charge in [-0.1, -0.05) is 12.1 Å². The summed E-state index contributed by atoms with van der Waals surface area (Å²) in [6.45, 7) is 4.39. The molecule has 1 aliphatic heterocycles. The summed E-state index contributed by atoms with van der Waals surface area (Å²) in [4.78, 5) is 6.76. The molecule has 0 unspecified atom stereocenters. The molecule has 1 fully saturated rings. The smallest absolute Gasteiger partial charge is 0.193 e. The first kappa shape index (κ1) is 20.5. The van der Waals surface area contributed by atoms with Crippen LogP contribution in [-0.4, -0.2) is 71.1 Å². The highest BCUT2D eigenvalue weighted by atomic mass is 16.5. The molecule has 0 saturated carbocycles. The number of benzene rings is 1. The number of guanidine groups is 1. The molecule has 1 saturated heterocycles. The number of methoxy groups -OCH3 is 2. The lowest BCUT2D eigenvalue weighted by molar-refractivity contribution is 0.00992. The summed E-state index contributed by atoms with van der Waals surface area (Å²) >= 11 is 0. The fourth-order valence-electron chi connectivity index (χ4n) is 3.13. The van der Waals surface area contributed by atoms with Gasteiger partial charge in [0.05, 0.1) is 13.2 Å². The Labute approximate surface area is 157 Å². The summed E-state index contributed by atoms with van der Waals surface area (Å²) in [7, 11) is 5.27. The van der Waals surface area contributed by atoms with Crippen LogP contribution in [0.15, 0.2) is 29.3 Å². The summed E-state index contributed by atoms with van der Waals surface area (Å²) in [5.41, 5.74) is 1.29. The van der Waals surface area contributed by atoms with Gasteiger partial charge in [-0.2, -0.15) is 0 Å². The average Bonchev–Trinajstić information content (AvgIpc) is 2.70. The van der Waals surface area contributed by atoms with Crippen molar-refractivity contribution >= 4 is 5.96 Å². The first-order chi connectivity index (χ1) is 12.8. The Bertz CT molecular complexity index is 526. The van der Waals surface area contributed by atoms with Crippen LogP contribution in [0.1, 0.15) is 24.8 Å². The molecule has 2 rings (SSSR count). The van der Waals surface area contributed by atoms with E-state index < -0.39 is 0 Å². The van der Waals surface area contributed by atoms with Crippen LogP contribution in [0.4, 0.5) is 0 Å². The first-order valence-electron chi connectivity index (χ1n) is 9.46. The normalized spacial score (nSPS) is 16.0. The highest BCUT2D eigenvalue weighted by Crippen LogP contribution is 2.14. The third kappa shape index (κ3) is 6.84. The molecular formula is C20H33N3O3. The van der Waals surface area contributed by atoms with Gasteiger partial charge >= 0.3 is 0 Å². The van der Waals surface area contributed by atoms with Crippen molar-refractivity contribution < 1.29 is 14.2 Å². The molecule has 0 aromatic heterocycles. The Balaban J connectivity index is 1.67. The lowest BCUT2D eigenvalue weighted by Gasteiger charge is -2.34. The fourth-order valence-corrected chi connectivity index (χ4v) is 3.13. The van der Waals surface area contributed by atoms with E-state index >= 15 is 0 Å². The molecule has 0 aliphatic carbocycles. The molecule has 6 nitrogen and oxygen atoms in total. The van der Waals surface area contributed by atoms with Gasteiger partial charge < -0.3 is 24.4 Å². The van der Waals surface area contributed by atoms with Gasteiger partial charge in [0, 0.05) is 47.0 Å². The fraction of sp³-hybridized carbons (Fsp3) is 0.650. The van der Waals surface area contributed by atoms with E-state index in [1.54, 1.807) is 14.2 Å². The Morgan fingerprint density at radius 3 is 2.50 bits per heavy atom. The molecule has 1 N–H and O–H groups in total. The van der Waals surface area contributed by atoms with E-state index in [2.05, 4.69) is 27.3 Å². The average molecular weight is 364 g/mol. The van der Waals surface area contributed by atoms with E-state index in [9.17, 15) is 0 Å². The number of ether oxygens (including phenoxy) is 3. The number of nitrogens with one attached hydrogen (secondary N) is 1. The topological polar surface area (TPSA) is 55.3 Å². The van der Waals surface area contributed by atoms with Crippen molar-refractivity contribution in [1.82, 2.24) is 10.2 Å². The maximum absolute atomic E-state index is 5.93. The molecule has 0 atom stereocenters. The summed E-state index contributed by atoms with van der Waals surface area (Å²) in [5, 5.41) is 3.48. The highest BCUT2D eigenvalue weighted by molar-refractivity contribution is 5.79. The molecule has 1 aromatic carbocycles. The van der Waals surface area contributed by atoms with Gasteiger partial charge in [-0.3, -0.25) is 4.99 Å². The molecule has 0 amide bonds. The lowest BCUT2D eigenvalue weighted by Crippen LogP contribution is -2.47. The second kappa shape index (κ2) is 11.8. The van der Waals surface area contributed by atoms with Crippen LogP contribution in [0.5, 0.6) is 5.75 Å².